The fourth-order valence-electron chi connectivity index (χ4n) is 3.36. The number of benzene rings is 2. The van der Waals surface area contributed by atoms with Gasteiger partial charge < -0.3 is 20.5 Å². The Kier molecular flexibility index (Phi) is 6.03. The van der Waals surface area contributed by atoms with Crippen molar-refractivity contribution in [2.45, 2.75) is 13.0 Å². The molecule has 7 nitrogen and oxygen atoms in total. The van der Waals surface area contributed by atoms with Gasteiger partial charge in [0.05, 0.1) is 18.8 Å². The lowest BCUT2D eigenvalue weighted by Gasteiger charge is -2.22. The number of ether oxygens (including phenoxy) is 1. The number of aromatic hydroxyl groups is 1. The Morgan fingerprint density at radius 2 is 2.06 bits per heavy atom. The lowest BCUT2D eigenvalue weighted by atomic mass is 10.0. The van der Waals surface area contributed by atoms with Crippen molar-refractivity contribution in [1.29, 1.82) is 0 Å². The van der Waals surface area contributed by atoms with Crippen LogP contribution in [0.15, 0.2) is 48.7 Å². The maximum Gasteiger partial charge on any atom is 0.243 e. The Morgan fingerprint density at radius 3 is 2.81 bits per heavy atom. The number of hydrogen-bond donors (Lipinski definition) is 3. The highest BCUT2D eigenvalue weighted by molar-refractivity contribution is 5.95. The maximum absolute atomic E-state index is 12.3. The largest absolute Gasteiger partial charge is 0.507 e. The zero-order valence-electron chi connectivity index (χ0n) is 17.5. The third kappa shape index (κ3) is 4.94. The Bertz CT molecular complexity index is 1150. The first-order valence-electron chi connectivity index (χ1n) is 10.1. The van der Waals surface area contributed by atoms with Gasteiger partial charge in [-0.2, -0.15) is 5.10 Å². The molecule has 0 radical (unpaired) electrons. The van der Waals surface area contributed by atoms with Crippen LogP contribution in [-0.2, 0) is 16.6 Å². The lowest BCUT2D eigenvalue weighted by Crippen LogP contribution is -2.48. The van der Waals surface area contributed by atoms with Gasteiger partial charge in [-0.25, -0.2) is 0 Å². The Morgan fingerprint density at radius 1 is 1.26 bits per heavy atom. The van der Waals surface area contributed by atoms with Gasteiger partial charge in [0.15, 0.2) is 0 Å². The molecule has 1 fully saturated rings. The smallest absolute Gasteiger partial charge is 0.243 e. The Balaban J connectivity index is 1.51. The number of rotatable bonds is 3. The molecule has 0 spiro atoms. The van der Waals surface area contributed by atoms with Crippen molar-refractivity contribution in [3.8, 4) is 28.8 Å². The number of aryl methyl sites for hydroxylation is 2. The second kappa shape index (κ2) is 9.04. The molecule has 7 heteroatoms. The zero-order valence-corrected chi connectivity index (χ0v) is 17.5. The van der Waals surface area contributed by atoms with E-state index in [2.05, 4.69) is 27.6 Å². The normalized spacial score (nSPS) is 15.7. The van der Waals surface area contributed by atoms with Crippen LogP contribution < -0.4 is 10.6 Å². The van der Waals surface area contributed by atoms with E-state index in [0.29, 0.717) is 36.7 Å². The summed E-state index contributed by atoms with van der Waals surface area (Å²) < 4.78 is 7.01. The summed E-state index contributed by atoms with van der Waals surface area (Å²) in [6.07, 6.45) is 1.83. The van der Waals surface area contributed by atoms with E-state index < -0.39 is 0 Å². The van der Waals surface area contributed by atoms with Gasteiger partial charge in [-0.1, -0.05) is 23.5 Å². The molecule has 0 saturated carbocycles. The fraction of sp³-hybridized carbons (Fsp3) is 0.250. The van der Waals surface area contributed by atoms with Crippen LogP contribution in [0.3, 0.4) is 0 Å². The van der Waals surface area contributed by atoms with Gasteiger partial charge in [-0.05, 0) is 43.3 Å². The molecule has 1 atom stereocenters. The second-order valence-electron chi connectivity index (χ2n) is 7.48. The van der Waals surface area contributed by atoms with E-state index in [1.807, 2.05) is 56.6 Å². The first-order chi connectivity index (χ1) is 15.0. The van der Waals surface area contributed by atoms with Crippen LogP contribution in [0.5, 0.6) is 5.75 Å². The molecule has 3 N–H and O–H groups in total. The zero-order chi connectivity index (χ0) is 21.8. The molecule has 158 valence electrons. The quantitative estimate of drug-likeness (QED) is 0.571. The van der Waals surface area contributed by atoms with Crippen molar-refractivity contribution in [1.82, 2.24) is 15.1 Å². The molecule has 1 aromatic heterocycles. The van der Waals surface area contributed by atoms with Gasteiger partial charge in [-0.3, -0.25) is 9.48 Å². The van der Waals surface area contributed by atoms with Crippen LogP contribution in [0.25, 0.3) is 11.3 Å². The maximum atomic E-state index is 12.3. The Labute approximate surface area is 181 Å². The summed E-state index contributed by atoms with van der Waals surface area (Å²) in [6, 6.07) is 12.4. The van der Waals surface area contributed by atoms with Crippen LogP contribution in [0, 0.1) is 18.8 Å². The van der Waals surface area contributed by atoms with Crippen LogP contribution >= 0.6 is 0 Å². The number of nitrogens with one attached hydrogen (secondary N) is 2. The SMILES string of the molecule is Cc1ccc(O)c(-c2nn(C)cc2C#Cc2ccc(NC(=O)C3COCCN3)cc2)c1. The first kappa shape index (κ1) is 20.7. The highest BCUT2D eigenvalue weighted by Crippen LogP contribution is 2.31. The number of amides is 1. The van der Waals surface area contributed by atoms with Crippen molar-refractivity contribution < 1.29 is 14.6 Å². The minimum Gasteiger partial charge on any atom is -0.507 e. The van der Waals surface area contributed by atoms with E-state index in [0.717, 1.165) is 16.7 Å². The third-order valence-electron chi connectivity index (χ3n) is 4.97. The van der Waals surface area contributed by atoms with E-state index in [1.54, 1.807) is 10.7 Å². The molecule has 3 aromatic rings. The summed E-state index contributed by atoms with van der Waals surface area (Å²) >= 11 is 0. The molecule has 4 rings (SSSR count). The van der Waals surface area contributed by atoms with E-state index >= 15 is 0 Å². The molecule has 2 aromatic carbocycles. The van der Waals surface area contributed by atoms with Crippen molar-refractivity contribution in [2.24, 2.45) is 7.05 Å². The van der Waals surface area contributed by atoms with Gasteiger partial charge in [-0.15, -0.1) is 0 Å². The predicted molar refractivity (Wildman–Crippen MR) is 119 cm³/mol. The average molecular weight is 416 g/mol. The minimum atomic E-state index is -0.338. The van der Waals surface area contributed by atoms with E-state index in [-0.39, 0.29) is 17.7 Å². The summed E-state index contributed by atoms with van der Waals surface area (Å²) in [7, 11) is 1.82. The molecule has 1 aliphatic heterocycles. The Hall–Kier alpha value is -3.60. The number of phenolic OH excluding ortho intramolecular Hbond substituents is 1. The van der Waals surface area contributed by atoms with Gasteiger partial charge in [0.2, 0.25) is 5.91 Å². The van der Waals surface area contributed by atoms with Crippen molar-refractivity contribution in [3.05, 3.63) is 65.4 Å². The highest BCUT2D eigenvalue weighted by atomic mass is 16.5. The number of morpholine rings is 1. The topological polar surface area (TPSA) is 88.4 Å². The molecular weight excluding hydrogens is 392 g/mol. The van der Waals surface area contributed by atoms with Crippen molar-refractivity contribution >= 4 is 11.6 Å². The molecule has 0 aliphatic carbocycles. The number of phenols is 1. The number of nitrogens with zero attached hydrogens (tertiary/aromatic N) is 2. The predicted octanol–water partition coefficient (Wildman–Crippen LogP) is 2.43. The monoisotopic (exact) mass is 416 g/mol. The van der Waals surface area contributed by atoms with Gasteiger partial charge in [0.1, 0.15) is 17.5 Å². The minimum absolute atomic E-state index is 0.114. The molecule has 1 amide bonds. The van der Waals surface area contributed by atoms with E-state index in [9.17, 15) is 9.90 Å². The number of carbonyl (C=O) groups excluding carboxylic acids is 1. The number of anilines is 1. The van der Waals surface area contributed by atoms with Crippen LogP contribution in [0.2, 0.25) is 0 Å². The van der Waals surface area contributed by atoms with Crippen molar-refractivity contribution in [3.63, 3.8) is 0 Å². The molecule has 2 heterocycles. The van der Waals surface area contributed by atoms with Crippen LogP contribution in [0.1, 0.15) is 16.7 Å². The van der Waals surface area contributed by atoms with E-state index in [1.165, 1.54) is 0 Å². The summed E-state index contributed by atoms with van der Waals surface area (Å²) in [5.41, 5.74) is 4.56. The summed E-state index contributed by atoms with van der Waals surface area (Å²) in [6.45, 7) is 3.64. The van der Waals surface area contributed by atoms with Gasteiger partial charge in [0, 0.05) is 36.6 Å². The number of aromatic nitrogens is 2. The summed E-state index contributed by atoms with van der Waals surface area (Å²) in [5, 5.41) is 20.8. The summed E-state index contributed by atoms with van der Waals surface area (Å²) in [5.74, 6) is 6.34. The van der Waals surface area contributed by atoms with Gasteiger partial charge >= 0.3 is 0 Å². The standard InChI is InChI=1S/C24H24N4O3/c1-16-3-10-22(29)20(13-16)23-18(14-28(2)27-23)7-4-17-5-8-19(9-6-17)26-24(30)21-15-31-12-11-25-21/h3,5-6,8-10,13-14,21,25,29H,11-12,15H2,1-2H3,(H,26,30). The second-order valence-corrected chi connectivity index (χ2v) is 7.48. The highest BCUT2D eigenvalue weighted by Gasteiger charge is 2.21. The van der Waals surface area contributed by atoms with Crippen LogP contribution in [-0.4, -0.2) is 46.6 Å². The fourth-order valence-corrected chi connectivity index (χ4v) is 3.36. The summed E-state index contributed by atoms with van der Waals surface area (Å²) in [4.78, 5) is 12.3. The molecular formula is C24H24N4O3. The molecule has 1 unspecified atom stereocenters. The first-order valence-corrected chi connectivity index (χ1v) is 10.1. The molecule has 0 bridgehead atoms. The molecule has 31 heavy (non-hydrogen) atoms. The molecule has 1 aliphatic rings. The van der Waals surface area contributed by atoms with E-state index in [4.69, 9.17) is 4.74 Å². The average Bonchev–Trinajstić information content (AvgIpc) is 3.15. The van der Waals surface area contributed by atoms with Crippen LogP contribution in [0.4, 0.5) is 5.69 Å². The van der Waals surface area contributed by atoms with Crippen molar-refractivity contribution in [2.75, 3.05) is 25.1 Å². The number of carbonyl (C=O) groups is 1. The third-order valence-corrected chi connectivity index (χ3v) is 4.97. The lowest BCUT2D eigenvalue weighted by molar-refractivity contribution is -0.120. The van der Waals surface area contributed by atoms with Gasteiger partial charge in [0.25, 0.3) is 0 Å². The molecule has 1 saturated heterocycles. The number of hydrogen-bond acceptors (Lipinski definition) is 5.